The average Bonchev–Trinajstić information content (AvgIpc) is 3.21. The summed E-state index contributed by atoms with van der Waals surface area (Å²) in [6.45, 7) is 1.32. The summed E-state index contributed by atoms with van der Waals surface area (Å²) in [7, 11) is 0. The van der Waals surface area contributed by atoms with Crippen LogP contribution in [0.3, 0.4) is 0 Å². The van der Waals surface area contributed by atoms with Crippen LogP contribution in [0.1, 0.15) is 30.2 Å². The molecule has 0 spiro atoms. The van der Waals surface area contributed by atoms with Crippen molar-refractivity contribution in [3.63, 3.8) is 0 Å². The summed E-state index contributed by atoms with van der Waals surface area (Å²) in [4.78, 5) is 18.9. The van der Waals surface area contributed by atoms with Gasteiger partial charge in [0.05, 0.1) is 6.42 Å². The second kappa shape index (κ2) is 7.70. The highest BCUT2D eigenvalue weighted by Crippen LogP contribution is 2.28. The molecule has 3 aromatic rings. The van der Waals surface area contributed by atoms with Gasteiger partial charge >= 0.3 is 0 Å². The number of benzene rings is 2. The first-order valence-electron chi connectivity index (χ1n) is 9.10. The summed E-state index contributed by atoms with van der Waals surface area (Å²) >= 11 is 0. The summed E-state index contributed by atoms with van der Waals surface area (Å²) < 4.78 is 18.4. The van der Waals surface area contributed by atoms with Gasteiger partial charge in [0, 0.05) is 24.6 Å². The third-order valence-corrected chi connectivity index (χ3v) is 4.94. The molecule has 4 rings (SSSR count). The van der Waals surface area contributed by atoms with Crippen molar-refractivity contribution in [2.24, 2.45) is 0 Å². The summed E-state index contributed by atoms with van der Waals surface area (Å²) in [5.74, 6) is 1.18. The number of amides is 1. The predicted octanol–water partition coefficient (Wildman–Crippen LogP) is 3.82. The summed E-state index contributed by atoms with van der Waals surface area (Å²) in [6, 6.07) is 15.8. The standard InChI is InChI=1S/C21H20FN3O2/c22-18-8-6-15(7-9-18)14-19(26)25-12-10-17(11-13-25)21-23-20(24-27-21)16-4-2-1-3-5-16/h1-9,17H,10-14H2. The number of piperidine rings is 1. The number of halogens is 1. The smallest absolute Gasteiger partial charge is 0.230 e. The molecule has 27 heavy (non-hydrogen) atoms. The van der Waals surface area contributed by atoms with Crippen molar-refractivity contribution in [3.05, 3.63) is 71.9 Å². The van der Waals surface area contributed by atoms with E-state index in [2.05, 4.69) is 10.1 Å². The van der Waals surface area contributed by atoms with Gasteiger partial charge in [0.2, 0.25) is 17.6 Å². The van der Waals surface area contributed by atoms with Crippen molar-refractivity contribution in [1.82, 2.24) is 15.0 Å². The van der Waals surface area contributed by atoms with E-state index >= 15 is 0 Å². The molecule has 0 bridgehead atoms. The zero-order valence-electron chi connectivity index (χ0n) is 14.8. The molecule has 0 N–H and O–H groups in total. The molecule has 5 nitrogen and oxygen atoms in total. The Balaban J connectivity index is 1.34. The second-order valence-corrected chi connectivity index (χ2v) is 6.78. The molecule has 0 unspecified atom stereocenters. The molecule has 1 aliphatic heterocycles. The first-order valence-corrected chi connectivity index (χ1v) is 9.10. The van der Waals surface area contributed by atoms with Gasteiger partial charge in [0.15, 0.2) is 0 Å². The highest BCUT2D eigenvalue weighted by Gasteiger charge is 2.27. The number of hydrogen-bond acceptors (Lipinski definition) is 4. The lowest BCUT2D eigenvalue weighted by atomic mass is 9.96. The van der Waals surface area contributed by atoms with E-state index in [-0.39, 0.29) is 17.6 Å². The van der Waals surface area contributed by atoms with Crippen LogP contribution in [0.2, 0.25) is 0 Å². The van der Waals surface area contributed by atoms with Crippen LogP contribution in [-0.2, 0) is 11.2 Å². The van der Waals surface area contributed by atoms with E-state index in [1.54, 1.807) is 12.1 Å². The van der Waals surface area contributed by atoms with Crippen LogP contribution in [0.4, 0.5) is 4.39 Å². The Morgan fingerprint density at radius 1 is 1.07 bits per heavy atom. The third-order valence-electron chi connectivity index (χ3n) is 4.94. The van der Waals surface area contributed by atoms with Gasteiger partial charge in [-0.3, -0.25) is 4.79 Å². The maximum absolute atomic E-state index is 13.0. The lowest BCUT2D eigenvalue weighted by molar-refractivity contribution is -0.131. The minimum absolute atomic E-state index is 0.0653. The zero-order valence-corrected chi connectivity index (χ0v) is 14.8. The van der Waals surface area contributed by atoms with Crippen LogP contribution >= 0.6 is 0 Å². The Morgan fingerprint density at radius 3 is 2.48 bits per heavy atom. The number of aromatic nitrogens is 2. The first-order chi connectivity index (χ1) is 13.2. The van der Waals surface area contributed by atoms with Gasteiger partial charge in [-0.25, -0.2) is 4.39 Å². The van der Waals surface area contributed by atoms with Crippen molar-refractivity contribution in [2.45, 2.75) is 25.2 Å². The van der Waals surface area contributed by atoms with Gasteiger partial charge in [0.25, 0.3) is 0 Å². The van der Waals surface area contributed by atoms with Crippen LogP contribution in [0, 0.1) is 5.82 Å². The fourth-order valence-electron chi connectivity index (χ4n) is 3.37. The second-order valence-electron chi connectivity index (χ2n) is 6.78. The largest absolute Gasteiger partial charge is 0.342 e. The van der Waals surface area contributed by atoms with Crippen molar-refractivity contribution >= 4 is 5.91 Å². The lowest BCUT2D eigenvalue weighted by Crippen LogP contribution is -2.38. The van der Waals surface area contributed by atoms with Gasteiger partial charge in [-0.2, -0.15) is 4.98 Å². The van der Waals surface area contributed by atoms with E-state index in [1.165, 1.54) is 12.1 Å². The molecule has 0 atom stereocenters. The SMILES string of the molecule is O=C(Cc1ccc(F)cc1)N1CCC(c2nc(-c3ccccc3)no2)CC1. The topological polar surface area (TPSA) is 59.2 Å². The van der Waals surface area contributed by atoms with E-state index in [9.17, 15) is 9.18 Å². The number of rotatable bonds is 4. The Hall–Kier alpha value is -3.02. The molecular formula is C21H20FN3O2. The minimum atomic E-state index is -0.290. The summed E-state index contributed by atoms with van der Waals surface area (Å²) in [5.41, 5.74) is 1.76. The monoisotopic (exact) mass is 365 g/mol. The molecule has 2 aromatic carbocycles. The number of nitrogens with zero attached hydrogens (tertiary/aromatic N) is 3. The molecule has 2 heterocycles. The van der Waals surface area contributed by atoms with Crippen molar-refractivity contribution in [3.8, 4) is 11.4 Å². The third kappa shape index (κ3) is 4.05. The number of carbonyl (C=O) groups excluding carboxylic acids is 1. The molecule has 0 saturated carbocycles. The van der Waals surface area contributed by atoms with E-state index in [0.717, 1.165) is 24.0 Å². The van der Waals surface area contributed by atoms with Crippen LogP contribution in [-0.4, -0.2) is 34.0 Å². The minimum Gasteiger partial charge on any atom is -0.342 e. The molecular weight excluding hydrogens is 345 g/mol. The normalized spacial score (nSPS) is 15.1. The van der Waals surface area contributed by atoms with Gasteiger partial charge in [-0.05, 0) is 30.5 Å². The van der Waals surface area contributed by atoms with Gasteiger partial charge in [-0.1, -0.05) is 47.6 Å². The zero-order chi connectivity index (χ0) is 18.6. The fourth-order valence-corrected chi connectivity index (χ4v) is 3.37. The maximum atomic E-state index is 13.0. The number of carbonyl (C=O) groups is 1. The van der Waals surface area contributed by atoms with Gasteiger partial charge < -0.3 is 9.42 Å². The molecule has 1 fully saturated rings. The predicted molar refractivity (Wildman–Crippen MR) is 98.4 cm³/mol. The van der Waals surface area contributed by atoms with Crippen LogP contribution in [0.25, 0.3) is 11.4 Å². The Bertz CT molecular complexity index is 901. The molecule has 1 amide bonds. The molecule has 1 aromatic heterocycles. The maximum Gasteiger partial charge on any atom is 0.230 e. The van der Waals surface area contributed by atoms with Crippen molar-refractivity contribution in [1.29, 1.82) is 0 Å². The van der Waals surface area contributed by atoms with E-state index < -0.39 is 0 Å². The first kappa shape index (κ1) is 17.4. The molecule has 6 heteroatoms. The quantitative estimate of drug-likeness (QED) is 0.705. The number of likely N-dealkylation sites (tertiary alicyclic amines) is 1. The lowest BCUT2D eigenvalue weighted by Gasteiger charge is -2.30. The molecule has 138 valence electrons. The molecule has 0 radical (unpaired) electrons. The van der Waals surface area contributed by atoms with E-state index in [4.69, 9.17) is 4.52 Å². The van der Waals surface area contributed by atoms with Crippen LogP contribution < -0.4 is 0 Å². The molecule has 0 aliphatic carbocycles. The molecule has 1 aliphatic rings. The Labute approximate surface area is 156 Å². The summed E-state index contributed by atoms with van der Waals surface area (Å²) in [5, 5.41) is 4.08. The Kier molecular flexibility index (Phi) is 4.96. The van der Waals surface area contributed by atoms with E-state index in [0.29, 0.717) is 31.2 Å². The fraction of sp³-hybridized carbons (Fsp3) is 0.286. The van der Waals surface area contributed by atoms with Crippen LogP contribution in [0.5, 0.6) is 0 Å². The van der Waals surface area contributed by atoms with Gasteiger partial charge in [0.1, 0.15) is 5.82 Å². The highest BCUT2D eigenvalue weighted by atomic mass is 19.1. The summed E-state index contributed by atoms with van der Waals surface area (Å²) in [6.07, 6.45) is 1.89. The average molecular weight is 365 g/mol. The van der Waals surface area contributed by atoms with Crippen LogP contribution in [0.15, 0.2) is 59.1 Å². The van der Waals surface area contributed by atoms with Gasteiger partial charge in [-0.15, -0.1) is 0 Å². The van der Waals surface area contributed by atoms with Crippen molar-refractivity contribution in [2.75, 3.05) is 13.1 Å². The number of hydrogen-bond donors (Lipinski definition) is 0. The van der Waals surface area contributed by atoms with E-state index in [1.807, 2.05) is 35.2 Å². The molecule has 1 saturated heterocycles. The van der Waals surface area contributed by atoms with Crippen molar-refractivity contribution < 1.29 is 13.7 Å². The highest BCUT2D eigenvalue weighted by molar-refractivity contribution is 5.78. The Morgan fingerprint density at radius 2 is 1.78 bits per heavy atom.